The summed E-state index contributed by atoms with van der Waals surface area (Å²) in [7, 11) is 1.31. The lowest BCUT2D eigenvalue weighted by Crippen LogP contribution is -2.42. The molecule has 26 heavy (non-hydrogen) atoms. The van der Waals surface area contributed by atoms with Crippen LogP contribution in [0.3, 0.4) is 0 Å². The zero-order chi connectivity index (χ0) is 18.0. The van der Waals surface area contributed by atoms with Gasteiger partial charge in [-0.25, -0.2) is 4.79 Å². The molecule has 1 fully saturated rings. The molecule has 0 radical (unpaired) electrons. The molecule has 0 spiro atoms. The van der Waals surface area contributed by atoms with Gasteiger partial charge in [0, 0.05) is 22.0 Å². The molecular weight excluding hydrogens is 377 g/mol. The Labute approximate surface area is 163 Å². The second-order valence-electron chi connectivity index (χ2n) is 6.42. The van der Waals surface area contributed by atoms with Crippen LogP contribution in [0.15, 0.2) is 18.2 Å². The van der Waals surface area contributed by atoms with Gasteiger partial charge < -0.3 is 15.0 Å². The molecule has 1 aromatic carbocycles. The quantitative estimate of drug-likeness (QED) is 0.765. The maximum Gasteiger partial charge on any atom is 0.356 e. The number of nitrogens with one attached hydrogen (secondary N) is 2. The first-order valence-electron chi connectivity index (χ1n) is 8.43. The zero-order valence-corrected chi connectivity index (χ0v) is 16.4. The smallest absolute Gasteiger partial charge is 0.356 e. The number of hydrogen-bond acceptors (Lipinski definition) is 4. The van der Waals surface area contributed by atoms with Crippen LogP contribution in [-0.2, 0) is 9.53 Å². The van der Waals surface area contributed by atoms with Gasteiger partial charge in [-0.3, -0.25) is 9.69 Å². The van der Waals surface area contributed by atoms with E-state index in [0.29, 0.717) is 34.2 Å². The number of carbonyl (C=O) groups excluding carboxylic acids is 2. The van der Waals surface area contributed by atoms with Crippen molar-refractivity contribution in [1.29, 1.82) is 0 Å². The average molecular weight is 400 g/mol. The van der Waals surface area contributed by atoms with Crippen molar-refractivity contribution in [1.82, 2.24) is 9.88 Å². The number of carbonyl (C=O) groups is 2. The Morgan fingerprint density at radius 2 is 2.15 bits per heavy atom. The molecule has 2 aromatic rings. The first-order chi connectivity index (χ1) is 12.0. The number of aromatic amines is 1. The highest BCUT2D eigenvalue weighted by Gasteiger charge is 2.24. The van der Waals surface area contributed by atoms with Crippen LogP contribution in [-0.4, -0.2) is 48.0 Å². The lowest BCUT2D eigenvalue weighted by Gasteiger charge is -2.32. The summed E-state index contributed by atoms with van der Waals surface area (Å²) in [6, 6.07) is 5.60. The van der Waals surface area contributed by atoms with E-state index in [1.807, 2.05) is 0 Å². The summed E-state index contributed by atoms with van der Waals surface area (Å²) in [5.74, 6) is -0.686. The molecule has 8 heteroatoms. The van der Waals surface area contributed by atoms with Crippen molar-refractivity contribution >= 4 is 52.5 Å². The van der Waals surface area contributed by atoms with E-state index in [0.717, 1.165) is 19.4 Å². The van der Waals surface area contributed by atoms with E-state index in [1.54, 1.807) is 18.2 Å². The summed E-state index contributed by atoms with van der Waals surface area (Å²) in [5.41, 5.74) is 1.35. The third-order valence-corrected chi connectivity index (χ3v) is 4.94. The van der Waals surface area contributed by atoms with E-state index >= 15 is 0 Å². The molecule has 2 heterocycles. The van der Waals surface area contributed by atoms with Crippen molar-refractivity contribution in [3.8, 4) is 0 Å². The molecule has 0 bridgehead atoms. The number of nitrogens with zero attached hydrogens (tertiary/aromatic N) is 1. The first-order valence-corrected chi connectivity index (χ1v) is 8.81. The van der Waals surface area contributed by atoms with Crippen LogP contribution < -0.4 is 5.32 Å². The molecular formula is C18H23Cl2N3O3. The van der Waals surface area contributed by atoms with E-state index in [9.17, 15) is 9.59 Å². The fourth-order valence-corrected chi connectivity index (χ4v) is 3.48. The number of H-pyrrole nitrogens is 1. The number of hydrogen-bond donors (Lipinski definition) is 2. The van der Waals surface area contributed by atoms with Crippen LogP contribution in [0.1, 0.15) is 36.7 Å². The minimum absolute atomic E-state index is 0. The fourth-order valence-electron chi connectivity index (χ4n) is 3.31. The second-order valence-corrected chi connectivity index (χ2v) is 6.86. The van der Waals surface area contributed by atoms with Gasteiger partial charge in [-0.05, 0) is 44.5 Å². The Balaban J connectivity index is 0.00000243. The Morgan fingerprint density at radius 1 is 1.38 bits per heavy atom. The van der Waals surface area contributed by atoms with Gasteiger partial charge in [0.25, 0.3) is 0 Å². The standard InChI is InChI=1S/C18H22ClN3O3.ClH/c1-11-5-3-4-8-22(11)10-15(23)21-16-13-9-12(19)6-7-14(13)20-17(16)18(24)25-2;/h6-7,9,11,20H,3-5,8,10H2,1-2H3,(H,21,23);1H. The summed E-state index contributed by atoms with van der Waals surface area (Å²) in [6.45, 7) is 3.35. The Kier molecular flexibility index (Phi) is 6.92. The number of aromatic nitrogens is 1. The second kappa shape index (κ2) is 8.75. The lowest BCUT2D eigenvalue weighted by atomic mass is 10.0. The molecule has 1 amide bonds. The van der Waals surface area contributed by atoms with Crippen LogP contribution >= 0.6 is 24.0 Å². The highest BCUT2D eigenvalue weighted by molar-refractivity contribution is 6.31. The highest BCUT2D eigenvalue weighted by Crippen LogP contribution is 2.30. The van der Waals surface area contributed by atoms with Crippen molar-refractivity contribution in [2.75, 3.05) is 25.5 Å². The van der Waals surface area contributed by atoms with Crippen LogP contribution in [0, 0.1) is 0 Å². The molecule has 1 atom stereocenters. The van der Waals surface area contributed by atoms with Crippen LogP contribution in [0.4, 0.5) is 5.69 Å². The maximum absolute atomic E-state index is 12.6. The number of likely N-dealkylation sites (tertiary alicyclic amines) is 1. The fraction of sp³-hybridized carbons (Fsp3) is 0.444. The number of rotatable bonds is 4. The van der Waals surface area contributed by atoms with Gasteiger partial charge in [0.05, 0.1) is 19.3 Å². The van der Waals surface area contributed by atoms with Gasteiger partial charge in [0.1, 0.15) is 5.69 Å². The highest BCUT2D eigenvalue weighted by atomic mass is 35.5. The monoisotopic (exact) mass is 399 g/mol. The van der Waals surface area contributed by atoms with Crippen LogP contribution in [0.25, 0.3) is 10.9 Å². The van der Waals surface area contributed by atoms with Crippen molar-refractivity contribution < 1.29 is 14.3 Å². The number of methoxy groups -OCH3 is 1. The number of halogens is 2. The number of esters is 1. The van der Waals surface area contributed by atoms with Gasteiger partial charge in [-0.2, -0.15) is 0 Å². The predicted molar refractivity (Wildman–Crippen MR) is 105 cm³/mol. The average Bonchev–Trinajstić information content (AvgIpc) is 2.94. The third kappa shape index (κ3) is 4.31. The molecule has 1 unspecified atom stereocenters. The SMILES string of the molecule is COC(=O)c1[nH]c2ccc(Cl)cc2c1NC(=O)CN1CCCCC1C.Cl. The number of ether oxygens (including phenoxy) is 1. The third-order valence-electron chi connectivity index (χ3n) is 4.70. The molecule has 1 aromatic heterocycles. The zero-order valence-electron chi connectivity index (χ0n) is 14.8. The molecule has 0 saturated carbocycles. The van der Waals surface area contributed by atoms with Crippen molar-refractivity contribution in [2.24, 2.45) is 0 Å². The summed E-state index contributed by atoms with van der Waals surface area (Å²) >= 11 is 6.07. The molecule has 1 aliphatic heterocycles. The van der Waals surface area contributed by atoms with Gasteiger partial charge in [-0.15, -0.1) is 12.4 Å². The van der Waals surface area contributed by atoms with Crippen molar-refractivity contribution in [3.63, 3.8) is 0 Å². The van der Waals surface area contributed by atoms with E-state index in [2.05, 4.69) is 22.1 Å². The molecule has 2 N–H and O–H groups in total. The van der Waals surface area contributed by atoms with E-state index < -0.39 is 5.97 Å². The molecule has 1 aliphatic rings. The van der Waals surface area contributed by atoms with Crippen molar-refractivity contribution in [3.05, 3.63) is 28.9 Å². The predicted octanol–water partition coefficient (Wildman–Crippen LogP) is 3.84. The summed E-state index contributed by atoms with van der Waals surface area (Å²) in [5, 5.41) is 4.09. The van der Waals surface area contributed by atoms with Crippen LogP contribution in [0.2, 0.25) is 5.02 Å². The number of amides is 1. The Hall–Kier alpha value is -1.76. The molecule has 142 valence electrons. The number of benzene rings is 1. The number of piperidine rings is 1. The van der Waals surface area contributed by atoms with Gasteiger partial charge >= 0.3 is 5.97 Å². The number of anilines is 1. The van der Waals surface area contributed by atoms with E-state index in [4.69, 9.17) is 16.3 Å². The number of fused-ring (bicyclic) bond motifs is 1. The Bertz CT molecular complexity index is 806. The Morgan fingerprint density at radius 3 is 2.85 bits per heavy atom. The topological polar surface area (TPSA) is 74.4 Å². The van der Waals surface area contributed by atoms with Gasteiger partial charge in [0.15, 0.2) is 0 Å². The minimum Gasteiger partial charge on any atom is -0.464 e. The lowest BCUT2D eigenvalue weighted by molar-refractivity contribution is -0.118. The van der Waals surface area contributed by atoms with Crippen molar-refractivity contribution in [2.45, 2.75) is 32.2 Å². The first kappa shape index (κ1) is 20.6. The molecule has 1 saturated heterocycles. The minimum atomic E-state index is -0.533. The van der Waals surface area contributed by atoms with Crippen LogP contribution in [0.5, 0.6) is 0 Å². The van der Waals surface area contributed by atoms with Gasteiger partial charge in [-0.1, -0.05) is 18.0 Å². The van der Waals surface area contributed by atoms with Gasteiger partial charge in [0.2, 0.25) is 5.91 Å². The summed E-state index contributed by atoms with van der Waals surface area (Å²) in [6.07, 6.45) is 3.41. The largest absolute Gasteiger partial charge is 0.464 e. The normalized spacial score (nSPS) is 17.6. The summed E-state index contributed by atoms with van der Waals surface area (Å²) in [4.78, 5) is 29.8. The summed E-state index contributed by atoms with van der Waals surface area (Å²) < 4.78 is 4.82. The molecule has 6 nitrogen and oxygen atoms in total. The van der Waals surface area contributed by atoms with E-state index in [-0.39, 0.29) is 24.0 Å². The molecule has 0 aliphatic carbocycles. The molecule has 3 rings (SSSR count). The van der Waals surface area contributed by atoms with E-state index in [1.165, 1.54) is 13.5 Å². The maximum atomic E-state index is 12.6.